The van der Waals surface area contributed by atoms with E-state index in [4.69, 9.17) is 4.74 Å². The summed E-state index contributed by atoms with van der Waals surface area (Å²) in [6.07, 6.45) is -0.0719. The van der Waals surface area contributed by atoms with E-state index < -0.39 is 6.10 Å². The van der Waals surface area contributed by atoms with Gasteiger partial charge in [-0.05, 0) is 29.0 Å². The highest BCUT2D eigenvalue weighted by Crippen LogP contribution is 2.35. The molecule has 2 rings (SSSR count). The average Bonchev–Trinajstić information content (AvgIpc) is 2.80. The Hall–Kier alpha value is -1.55. The molecule has 4 nitrogen and oxygen atoms in total. The number of hydrogen-bond acceptors (Lipinski definition) is 3. The smallest absolute Gasteiger partial charge is 0.223 e. The SMILES string of the molecule is COc1ccc(C(O)CN2CC(C(C)(C)C)CC2=O)cc1. The molecule has 0 aromatic heterocycles. The molecule has 1 aliphatic heterocycles. The Morgan fingerprint density at radius 2 is 1.95 bits per heavy atom. The molecule has 1 saturated heterocycles. The maximum absolute atomic E-state index is 12.1. The number of aliphatic hydroxyl groups is 1. The number of β-amino-alcohol motifs (C(OH)–C–C–N with tert-alkyl or cyclic N) is 1. The zero-order valence-electron chi connectivity index (χ0n) is 13.3. The molecule has 2 unspecified atom stereocenters. The molecule has 1 aromatic rings. The Labute approximate surface area is 126 Å². The third kappa shape index (κ3) is 3.76. The van der Waals surface area contributed by atoms with Gasteiger partial charge < -0.3 is 14.7 Å². The second-order valence-corrected chi connectivity index (χ2v) is 6.85. The van der Waals surface area contributed by atoms with Crippen LogP contribution >= 0.6 is 0 Å². The number of likely N-dealkylation sites (tertiary alicyclic amines) is 1. The van der Waals surface area contributed by atoms with Gasteiger partial charge in [-0.3, -0.25) is 4.79 Å². The number of ether oxygens (including phenoxy) is 1. The average molecular weight is 291 g/mol. The van der Waals surface area contributed by atoms with Crippen molar-refractivity contribution in [2.75, 3.05) is 20.2 Å². The number of hydrogen-bond donors (Lipinski definition) is 1. The predicted octanol–water partition coefficient (Wildman–Crippen LogP) is 2.62. The molecule has 0 saturated carbocycles. The summed E-state index contributed by atoms with van der Waals surface area (Å²) >= 11 is 0. The van der Waals surface area contributed by atoms with Crippen LogP contribution in [-0.4, -0.2) is 36.1 Å². The van der Waals surface area contributed by atoms with E-state index in [2.05, 4.69) is 20.8 Å². The summed E-state index contributed by atoms with van der Waals surface area (Å²) in [4.78, 5) is 13.9. The van der Waals surface area contributed by atoms with Crippen molar-refractivity contribution in [3.05, 3.63) is 29.8 Å². The zero-order valence-corrected chi connectivity index (χ0v) is 13.3. The molecule has 1 N–H and O–H groups in total. The number of rotatable bonds is 4. The van der Waals surface area contributed by atoms with Crippen LogP contribution in [0.5, 0.6) is 5.75 Å². The third-order valence-corrected chi connectivity index (χ3v) is 4.33. The highest BCUT2D eigenvalue weighted by atomic mass is 16.5. The number of aliphatic hydroxyl groups excluding tert-OH is 1. The van der Waals surface area contributed by atoms with Gasteiger partial charge in [0.25, 0.3) is 0 Å². The van der Waals surface area contributed by atoms with E-state index >= 15 is 0 Å². The normalized spacial score (nSPS) is 20.7. The summed E-state index contributed by atoms with van der Waals surface area (Å²) in [7, 11) is 1.61. The van der Waals surface area contributed by atoms with Gasteiger partial charge in [-0.15, -0.1) is 0 Å². The minimum atomic E-state index is -0.654. The molecular weight excluding hydrogens is 266 g/mol. The maximum atomic E-state index is 12.1. The van der Waals surface area contributed by atoms with Gasteiger partial charge in [-0.1, -0.05) is 32.9 Å². The molecule has 0 spiro atoms. The van der Waals surface area contributed by atoms with Gasteiger partial charge in [0.1, 0.15) is 5.75 Å². The van der Waals surface area contributed by atoms with E-state index in [0.717, 1.165) is 17.9 Å². The molecule has 4 heteroatoms. The third-order valence-electron chi connectivity index (χ3n) is 4.33. The van der Waals surface area contributed by atoms with Crippen molar-refractivity contribution >= 4 is 5.91 Å². The molecule has 1 aromatic carbocycles. The highest BCUT2D eigenvalue weighted by Gasteiger charge is 2.37. The number of benzene rings is 1. The Balaban J connectivity index is 1.99. The van der Waals surface area contributed by atoms with Crippen LogP contribution in [0.15, 0.2) is 24.3 Å². The van der Waals surface area contributed by atoms with Crippen LogP contribution in [0.25, 0.3) is 0 Å². The van der Waals surface area contributed by atoms with Gasteiger partial charge >= 0.3 is 0 Å². The van der Waals surface area contributed by atoms with E-state index in [1.165, 1.54) is 0 Å². The maximum Gasteiger partial charge on any atom is 0.223 e. The lowest BCUT2D eigenvalue weighted by Gasteiger charge is -2.27. The summed E-state index contributed by atoms with van der Waals surface area (Å²) in [5, 5.41) is 10.3. The molecule has 116 valence electrons. The van der Waals surface area contributed by atoms with Crippen molar-refractivity contribution < 1.29 is 14.6 Å². The van der Waals surface area contributed by atoms with Gasteiger partial charge in [0.2, 0.25) is 5.91 Å². The molecule has 1 heterocycles. The predicted molar refractivity (Wildman–Crippen MR) is 82.1 cm³/mol. The number of carbonyl (C=O) groups is 1. The van der Waals surface area contributed by atoms with Crippen molar-refractivity contribution in [3.8, 4) is 5.75 Å². The Kier molecular flexibility index (Phi) is 4.57. The van der Waals surface area contributed by atoms with Crippen LogP contribution in [0.2, 0.25) is 0 Å². The monoisotopic (exact) mass is 291 g/mol. The molecule has 2 atom stereocenters. The second-order valence-electron chi connectivity index (χ2n) is 6.85. The minimum absolute atomic E-state index is 0.121. The quantitative estimate of drug-likeness (QED) is 0.927. The molecule has 0 radical (unpaired) electrons. The van der Waals surface area contributed by atoms with Crippen LogP contribution in [-0.2, 0) is 4.79 Å². The van der Waals surface area contributed by atoms with Crippen LogP contribution in [0.3, 0.4) is 0 Å². The number of amides is 1. The van der Waals surface area contributed by atoms with Gasteiger partial charge in [-0.2, -0.15) is 0 Å². The second kappa shape index (κ2) is 6.06. The van der Waals surface area contributed by atoms with E-state index in [9.17, 15) is 9.90 Å². The fourth-order valence-corrected chi connectivity index (χ4v) is 2.67. The number of nitrogens with zero attached hydrogens (tertiary/aromatic N) is 1. The Bertz CT molecular complexity index is 490. The van der Waals surface area contributed by atoms with Gasteiger partial charge in [0, 0.05) is 13.0 Å². The van der Waals surface area contributed by atoms with Crippen molar-refractivity contribution in [2.45, 2.75) is 33.3 Å². The molecule has 1 fully saturated rings. The molecule has 0 aliphatic carbocycles. The van der Waals surface area contributed by atoms with Crippen LogP contribution < -0.4 is 4.74 Å². The Morgan fingerprint density at radius 3 is 2.43 bits per heavy atom. The molecular formula is C17H25NO3. The topological polar surface area (TPSA) is 49.8 Å². The first-order valence-electron chi connectivity index (χ1n) is 7.41. The highest BCUT2D eigenvalue weighted by molar-refractivity contribution is 5.78. The lowest BCUT2D eigenvalue weighted by molar-refractivity contribution is -0.129. The van der Waals surface area contributed by atoms with E-state index in [-0.39, 0.29) is 11.3 Å². The summed E-state index contributed by atoms with van der Waals surface area (Å²) in [6.45, 7) is 7.57. The molecule has 1 amide bonds. The molecule has 1 aliphatic rings. The van der Waals surface area contributed by atoms with Crippen molar-refractivity contribution in [1.82, 2.24) is 4.90 Å². The fraction of sp³-hybridized carbons (Fsp3) is 0.588. The van der Waals surface area contributed by atoms with E-state index in [1.807, 2.05) is 24.3 Å². The van der Waals surface area contributed by atoms with Crippen LogP contribution in [0.4, 0.5) is 0 Å². The summed E-state index contributed by atoms with van der Waals surface area (Å²) < 4.78 is 5.10. The van der Waals surface area contributed by atoms with Crippen molar-refractivity contribution in [1.29, 1.82) is 0 Å². The van der Waals surface area contributed by atoms with E-state index in [0.29, 0.717) is 18.9 Å². The Morgan fingerprint density at radius 1 is 1.33 bits per heavy atom. The first-order chi connectivity index (χ1) is 9.81. The summed E-state index contributed by atoms with van der Waals surface area (Å²) in [6, 6.07) is 7.32. The first-order valence-corrected chi connectivity index (χ1v) is 7.41. The fourth-order valence-electron chi connectivity index (χ4n) is 2.67. The minimum Gasteiger partial charge on any atom is -0.497 e. The lowest BCUT2D eigenvalue weighted by Crippen LogP contribution is -2.31. The molecule has 21 heavy (non-hydrogen) atoms. The summed E-state index contributed by atoms with van der Waals surface area (Å²) in [5.41, 5.74) is 0.929. The lowest BCUT2D eigenvalue weighted by atomic mass is 9.80. The molecule has 0 bridgehead atoms. The van der Waals surface area contributed by atoms with Crippen molar-refractivity contribution in [3.63, 3.8) is 0 Å². The number of methoxy groups -OCH3 is 1. The largest absolute Gasteiger partial charge is 0.497 e. The van der Waals surface area contributed by atoms with Crippen LogP contribution in [0.1, 0.15) is 38.9 Å². The van der Waals surface area contributed by atoms with Crippen LogP contribution in [0, 0.1) is 11.3 Å². The zero-order chi connectivity index (χ0) is 15.6. The van der Waals surface area contributed by atoms with Gasteiger partial charge in [-0.25, -0.2) is 0 Å². The standard InChI is InChI=1S/C17H25NO3/c1-17(2,3)13-9-16(20)18(10-13)11-15(19)12-5-7-14(21-4)8-6-12/h5-8,13,15,19H,9-11H2,1-4H3. The summed E-state index contributed by atoms with van der Waals surface area (Å²) in [5.74, 6) is 1.26. The van der Waals surface area contributed by atoms with Gasteiger partial charge in [0.15, 0.2) is 0 Å². The van der Waals surface area contributed by atoms with Gasteiger partial charge in [0.05, 0.1) is 19.8 Å². The van der Waals surface area contributed by atoms with E-state index in [1.54, 1.807) is 12.0 Å². The number of carbonyl (C=O) groups excluding carboxylic acids is 1. The van der Waals surface area contributed by atoms with Crippen molar-refractivity contribution in [2.24, 2.45) is 11.3 Å². The first kappa shape index (κ1) is 15.8.